The molecule has 1 aliphatic heterocycles. The van der Waals surface area contributed by atoms with Gasteiger partial charge in [-0.1, -0.05) is 0 Å². The van der Waals surface area contributed by atoms with E-state index in [-0.39, 0.29) is 11.3 Å². The van der Waals surface area contributed by atoms with E-state index in [1.807, 2.05) is 11.9 Å². The summed E-state index contributed by atoms with van der Waals surface area (Å²) in [5, 5.41) is 2.28. The smallest absolute Gasteiger partial charge is 0.369 e. The highest BCUT2D eigenvalue weighted by Gasteiger charge is 2.35. The van der Waals surface area contributed by atoms with Gasteiger partial charge in [-0.2, -0.15) is 13.2 Å². The standard InChI is InChI=1S/C19H21F3N4O2/c1-24-7-9-26(10-8-24)14-3-4-16(15(12-14)19(20,21)22)23-18(28)13-5-6-25(2)17(27)11-13/h3-6,11-12H,7-10H2,1-2H3,(H,23,28). The van der Waals surface area contributed by atoms with Crippen LogP contribution in [0.25, 0.3) is 0 Å². The first kappa shape index (κ1) is 19.9. The highest BCUT2D eigenvalue weighted by atomic mass is 19.4. The lowest BCUT2D eigenvalue weighted by Crippen LogP contribution is -2.44. The molecular weight excluding hydrogens is 373 g/mol. The lowest BCUT2D eigenvalue weighted by atomic mass is 10.1. The predicted octanol–water partition coefficient (Wildman–Crippen LogP) is 2.41. The number of piperazine rings is 1. The molecule has 3 rings (SSSR count). The van der Waals surface area contributed by atoms with Gasteiger partial charge in [0.1, 0.15) is 0 Å². The maximum Gasteiger partial charge on any atom is 0.418 e. The molecule has 1 fully saturated rings. The Balaban J connectivity index is 1.88. The number of hydrogen-bond acceptors (Lipinski definition) is 4. The van der Waals surface area contributed by atoms with Crippen molar-refractivity contribution < 1.29 is 18.0 Å². The number of benzene rings is 1. The molecule has 2 aromatic rings. The van der Waals surface area contributed by atoms with Crippen molar-refractivity contribution in [1.82, 2.24) is 9.47 Å². The van der Waals surface area contributed by atoms with Crippen molar-refractivity contribution in [1.29, 1.82) is 0 Å². The number of nitrogens with zero attached hydrogens (tertiary/aromatic N) is 3. The van der Waals surface area contributed by atoms with Gasteiger partial charge < -0.3 is 19.7 Å². The number of amides is 1. The van der Waals surface area contributed by atoms with Gasteiger partial charge in [0, 0.05) is 56.7 Å². The molecule has 0 saturated carbocycles. The highest BCUT2D eigenvalue weighted by Crippen LogP contribution is 2.37. The van der Waals surface area contributed by atoms with Gasteiger partial charge in [0.15, 0.2) is 0 Å². The molecule has 9 heteroatoms. The normalized spacial score (nSPS) is 15.5. The van der Waals surface area contributed by atoms with Crippen molar-refractivity contribution >= 4 is 17.3 Å². The topological polar surface area (TPSA) is 57.6 Å². The largest absolute Gasteiger partial charge is 0.418 e. The number of nitrogens with one attached hydrogen (secondary N) is 1. The fourth-order valence-corrected chi connectivity index (χ4v) is 3.02. The van der Waals surface area contributed by atoms with Crippen molar-refractivity contribution in [3.05, 3.63) is 58.0 Å². The lowest BCUT2D eigenvalue weighted by Gasteiger charge is -2.34. The Kier molecular flexibility index (Phi) is 5.46. The summed E-state index contributed by atoms with van der Waals surface area (Å²) in [5.41, 5.74) is -1.21. The van der Waals surface area contributed by atoms with E-state index in [1.54, 1.807) is 6.07 Å². The van der Waals surface area contributed by atoms with E-state index < -0.39 is 23.2 Å². The third-order valence-corrected chi connectivity index (χ3v) is 4.79. The van der Waals surface area contributed by atoms with Gasteiger partial charge in [-0.05, 0) is 31.3 Å². The molecule has 1 amide bonds. The molecule has 1 aliphatic rings. The van der Waals surface area contributed by atoms with Crippen molar-refractivity contribution in [3.8, 4) is 0 Å². The Hall–Kier alpha value is -2.81. The molecule has 0 unspecified atom stereocenters. The number of anilines is 2. The number of pyridine rings is 1. The van der Waals surface area contributed by atoms with Gasteiger partial charge in [-0.25, -0.2) is 0 Å². The lowest BCUT2D eigenvalue weighted by molar-refractivity contribution is -0.136. The van der Waals surface area contributed by atoms with Gasteiger partial charge in [-0.15, -0.1) is 0 Å². The number of rotatable bonds is 3. The first-order valence-electron chi connectivity index (χ1n) is 8.78. The average Bonchev–Trinajstić information content (AvgIpc) is 2.64. The minimum absolute atomic E-state index is 0.000585. The molecule has 28 heavy (non-hydrogen) atoms. The van der Waals surface area contributed by atoms with Gasteiger partial charge in [0.05, 0.1) is 11.3 Å². The van der Waals surface area contributed by atoms with E-state index in [0.29, 0.717) is 18.8 Å². The summed E-state index contributed by atoms with van der Waals surface area (Å²) in [6.07, 6.45) is -3.24. The van der Waals surface area contributed by atoms with E-state index in [2.05, 4.69) is 10.2 Å². The van der Waals surface area contributed by atoms with Crippen LogP contribution in [-0.4, -0.2) is 48.6 Å². The third kappa shape index (κ3) is 4.36. The number of carbonyl (C=O) groups excluding carboxylic acids is 1. The first-order chi connectivity index (χ1) is 13.1. The van der Waals surface area contributed by atoms with Gasteiger partial charge in [0.25, 0.3) is 11.5 Å². The fourth-order valence-electron chi connectivity index (χ4n) is 3.02. The Morgan fingerprint density at radius 3 is 2.32 bits per heavy atom. The summed E-state index contributed by atoms with van der Waals surface area (Å²) >= 11 is 0. The molecule has 1 saturated heterocycles. The van der Waals surface area contributed by atoms with E-state index in [4.69, 9.17) is 0 Å². The van der Waals surface area contributed by atoms with Crippen molar-refractivity contribution in [3.63, 3.8) is 0 Å². The molecule has 6 nitrogen and oxygen atoms in total. The molecule has 1 aromatic heterocycles. The molecule has 0 radical (unpaired) electrons. The van der Waals surface area contributed by atoms with Crippen molar-refractivity contribution in [2.75, 3.05) is 43.4 Å². The van der Waals surface area contributed by atoms with Crippen LogP contribution in [0.5, 0.6) is 0 Å². The third-order valence-electron chi connectivity index (χ3n) is 4.79. The second-order valence-electron chi connectivity index (χ2n) is 6.84. The number of aryl methyl sites for hydroxylation is 1. The Labute approximate surface area is 160 Å². The van der Waals surface area contributed by atoms with Crippen LogP contribution in [0.4, 0.5) is 24.5 Å². The first-order valence-corrected chi connectivity index (χ1v) is 8.78. The second-order valence-corrected chi connectivity index (χ2v) is 6.84. The monoisotopic (exact) mass is 394 g/mol. The van der Waals surface area contributed by atoms with Crippen LogP contribution in [0.3, 0.4) is 0 Å². The molecule has 0 bridgehead atoms. The van der Waals surface area contributed by atoms with E-state index >= 15 is 0 Å². The number of alkyl halides is 3. The van der Waals surface area contributed by atoms with Crippen LogP contribution >= 0.6 is 0 Å². The molecule has 1 aromatic carbocycles. The Bertz CT molecular complexity index is 932. The molecule has 1 N–H and O–H groups in total. The second kappa shape index (κ2) is 7.67. The quantitative estimate of drug-likeness (QED) is 0.869. The average molecular weight is 394 g/mol. The maximum absolute atomic E-state index is 13.6. The molecule has 0 aliphatic carbocycles. The van der Waals surface area contributed by atoms with E-state index in [1.165, 1.54) is 29.9 Å². The van der Waals surface area contributed by atoms with E-state index in [9.17, 15) is 22.8 Å². The minimum Gasteiger partial charge on any atom is -0.369 e. The summed E-state index contributed by atoms with van der Waals surface area (Å²) < 4.78 is 42.1. The number of halogens is 3. The van der Waals surface area contributed by atoms with Crippen LogP contribution in [0.2, 0.25) is 0 Å². The summed E-state index contributed by atoms with van der Waals surface area (Å²) in [5.74, 6) is -0.768. The van der Waals surface area contributed by atoms with Gasteiger partial charge >= 0.3 is 6.18 Å². The number of likely N-dealkylation sites (N-methyl/N-ethyl adjacent to an activating group) is 1. The Morgan fingerprint density at radius 2 is 1.71 bits per heavy atom. The van der Waals surface area contributed by atoms with Gasteiger partial charge in [-0.3, -0.25) is 9.59 Å². The molecule has 0 spiro atoms. The SMILES string of the molecule is CN1CCN(c2ccc(NC(=O)c3ccn(C)c(=O)c3)c(C(F)(F)F)c2)CC1. The maximum atomic E-state index is 13.6. The van der Waals surface area contributed by atoms with Crippen molar-refractivity contribution in [2.45, 2.75) is 6.18 Å². The Morgan fingerprint density at radius 1 is 1.04 bits per heavy atom. The van der Waals surface area contributed by atoms with Crippen molar-refractivity contribution in [2.24, 2.45) is 7.05 Å². The predicted molar refractivity (Wildman–Crippen MR) is 101 cm³/mol. The number of carbonyl (C=O) groups is 1. The van der Waals surface area contributed by atoms with Crippen LogP contribution < -0.4 is 15.8 Å². The molecule has 0 atom stereocenters. The summed E-state index contributed by atoms with van der Waals surface area (Å²) in [6.45, 7) is 2.80. The molecule has 2 heterocycles. The number of hydrogen-bond donors (Lipinski definition) is 1. The molecule has 150 valence electrons. The zero-order chi connectivity index (χ0) is 20.5. The van der Waals surface area contributed by atoms with Crippen LogP contribution in [0.15, 0.2) is 41.3 Å². The molecular formula is C19H21F3N4O2. The number of aromatic nitrogens is 1. The fraction of sp³-hybridized carbons (Fsp3) is 0.368. The van der Waals surface area contributed by atoms with Crippen LogP contribution in [-0.2, 0) is 13.2 Å². The summed E-state index contributed by atoms with van der Waals surface area (Å²) in [6, 6.07) is 6.35. The highest BCUT2D eigenvalue weighted by molar-refractivity contribution is 6.04. The zero-order valence-electron chi connectivity index (χ0n) is 15.6. The van der Waals surface area contributed by atoms with Crippen LogP contribution in [0.1, 0.15) is 15.9 Å². The zero-order valence-corrected chi connectivity index (χ0v) is 15.6. The van der Waals surface area contributed by atoms with Gasteiger partial charge in [0.2, 0.25) is 0 Å². The van der Waals surface area contributed by atoms with Crippen LogP contribution in [0, 0.1) is 0 Å². The summed E-state index contributed by atoms with van der Waals surface area (Å²) in [7, 11) is 3.48. The van der Waals surface area contributed by atoms with E-state index in [0.717, 1.165) is 25.2 Å². The summed E-state index contributed by atoms with van der Waals surface area (Å²) in [4.78, 5) is 28.0. The minimum atomic E-state index is -4.63.